The quantitative estimate of drug-likeness (QED) is 0.717. The van der Waals surface area contributed by atoms with Crippen molar-refractivity contribution >= 4 is 11.6 Å². The van der Waals surface area contributed by atoms with E-state index < -0.39 is 6.10 Å². The van der Waals surface area contributed by atoms with Crippen molar-refractivity contribution in [3.63, 3.8) is 0 Å². The lowest BCUT2D eigenvalue weighted by molar-refractivity contribution is 0.167. The zero-order chi connectivity index (χ0) is 10.1. The van der Waals surface area contributed by atoms with Crippen molar-refractivity contribution in [3.05, 3.63) is 28.3 Å². The molecule has 1 atom stereocenters. The minimum absolute atomic E-state index is 0.440. The van der Waals surface area contributed by atoms with Gasteiger partial charge in [-0.3, -0.25) is 0 Å². The summed E-state index contributed by atoms with van der Waals surface area (Å²) in [6, 6.07) is 3.80. The highest BCUT2D eigenvalue weighted by Crippen LogP contribution is 2.37. The van der Waals surface area contributed by atoms with Gasteiger partial charge in [-0.25, -0.2) is 0 Å². The number of fused-ring (bicyclic) bond motifs is 1. The Kier molecular flexibility index (Phi) is 2.66. The van der Waals surface area contributed by atoms with Crippen molar-refractivity contribution in [3.8, 4) is 5.75 Å². The van der Waals surface area contributed by atoms with E-state index in [1.54, 1.807) is 0 Å². The summed E-state index contributed by atoms with van der Waals surface area (Å²) in [6.07, 6.45) is 1.17. The molecule has 1 heterocycles. The molecule has 0 spiro atoms. The van der Waals surface area contributed by atoms with Gasteiger partial charge in [-0.05, 0) is 37.5 Å². The molecule has 0 saturated heterocycles. The molecule has 1 aliphatic heterocycles. The zero-order valence-corrected chi connectivity index (χ0v) is 8.84. The molecular weight excluding hydrogens is 200 g/mol. The van der Waals surface area contributed by atoms with Crippen LogP contribution >= 0.6 is 11.6 Å². The molecule has 2 nitrogen and oxygen atoms in total. The summed E-state index contributed by atoms with van der Waals surface area (Å²) >= 11 is 6.05. The zero-order valence-electron chi connectivity index (χ0n) is 8.09. The highest BCUT2D eigenvalue weighted by molar-refractivity contribution is 6.32. The first-order valence-corrected chi connectivity index (χ1v) is 5.17. The van der Waals surface area contributed by atoms with Crippen LogP contribution in [-0.4, -0.2) is 11.7 Å². The first-order chi connectivity index (χ1) is 6.68. The molecule has 0 bridgehead atoms. The summed E-state index contributed by atoms with van der Waals surface area (Å²) in [6.45, 7) is 2.59. The summed E-state index contributed by atoms with van der Waals surface area (Å²) in [5, 5.41) is 10.4. The second kappa shape index (κ2) is 3.79. The van der Waals surface area contributed by atoms with Gasteiger partial charge in [0.05, 0.1) is 17.7 Å². The van der Waals surface area contributed by atoms with Crippen LogP contribution in [0, 0.1) is 6.92 Å². The Morgan fingerprint density at radius 1 is 1.50 bits per heavy atom. The SMILES string of the molecule is Cc1cc(Cl)c2c(c1)C(O)CCCO2. The van der Waals surface area contributed by atoms with Crippen LogP contribution in [0.5, 0.6) is 5.75 Å². The summed E-state index contributed by atoms with van der Waals surface area (Å²) in [5.41, 5.74) is 1.88. The van der Waals surface area contributed by atoms with Gasteiger partial charge in [0.1, 0.15) is 5.75 Å². The molecule has 0 aliphatic carbocycles. The second-order valence-corrected chi connectivity index (χ2v) is 4.08. The number of hydrogen-bond donors (Lipinski definition) is 1. The van der Waals surface area contributed by atoms with Crippen LogP contribution in [0.2, 0.25) is 5.02 Å². The van der Waals surface area contributed by atoms with Gasteiger partial charge in [-0.2, -0.15) is 0 Å². The first kappa shape index (κ1) is 9.81. The number of aliphatic hydroxyl groups excluding tert-OH is 1. The third kappa shape index (κ3) is 1.72. The highest BCUT2D eigenvalue weighted by atomic mass is 35.5. The Bertz CT molecular complexity index is 349. The normalized spacial score (nSPS) is 20.9. The number of ether oxygens (including phenoxy) is 1. The minimum atomic E-state index is -0.440. The lowest BCUT2D eigenvalue weighted by atomic mass is 10.0. The highest BCUT2D eigenvalue weighted by Gasteiger charge is 2.20. The molecule has 0 fully saturated rings. The number of aryl methyl sites for hydroxylation is 1. The fraction of sp³-hybridized carbons (Fsp3) is 0.455. The van der Waals surface area contributed by atoms with Crippen LogP contribution in [0.4, 0.5) is 0 Å². The number of benzene rings is 1. The van der Waals surface area contributed by atoms with Crippen molar-refractivity contribution < 1.29 is 9.84 Å². The molecule has 0 radical (unpaired) electrons. The van der Waals surface area contributed by atoms with Crippen molar-refractivity contribution in [1.29, 1.82) is 0 Å². The smallest absolute Gasteiger partial charge is 0.143 e. The van der Waals surface area contributed by atoms with E-state index in [1.807, 2.05) is 19.1 Å². The van der Waals surface area contributed by atoms with E-state index in [0.717, 1.165) is 24.0 Å². The van der Waals surface area contributed by atoms with E-state index in [9.17, 15) is 5.11 Å². The molecule has 3 heteroatoms. The lowest BCUT2D eigenvalue weighted by Gasteiger charge is -2.13. The van der Waals surface area contributed by atoms with Crippen molar-refractivity contribution in [1.82, 2.24) is 0 Å². The summed E-state index contributed by atoms with van der Waals surface area (Å²) in [5.74, 6) is 0.655. The van der Waals surface area contributed by atoms with Crippen molar-refractivity contribution in [2.45, 2.75) is 25.9 Å². The maximum Gasteiger partial charge on any atom is 0.143 e. The van der Waals surface area contributed by atoms with E-state index in [4.69, 9.17) is 16.3 Å². The summed E-state index contributed by atoms with van der Waals surface area (Å²) in [7, 11) is 0. The Balaban J connectivity index is 2.53. The average Bonchev–Trinajstić information content (AvgIpc) is 2.29. The number of halogens is 1. The minimum Gasteiger partial charge on any atom is -0.492 e. The third-order valence-electron chi connectivity index (χ3n) is 2.44. The van der Waals surface area contributed by atoms with Gasteiger partial charge in [0.15, 0.2) is 0 Å². The Morgan fingerprint density at radius 2 is 2.29 bits per heavy atom. The van der Waals surface area contributed by atoms with Gasteiger partial charge in [0.25, 0.3) is 0 Å². The van der Waals surface area contributed by atoms with Gasteiger partial charge in [-0.1, -0.05) is 11.6 Å². The molecule has 0 amide bonds. The molecule has 1 aliphatic rings. The molecule has 0 aromatic heterocycles. The summed E-state index contributed by atoms with van der Waals surface area (Å²) in [4.78, 5) is 0. The Labute approximate surface area is 88.5 Å². The average molecular weight is 213 g/mol. The van der Waals surface area contributed by atoms with Crippen molar-refractivity contribution in [2.24, 2.45) is 0 Å². The molecule has 76 valence electrons. The third-order valence-corrected chi connectivity index (χ3v) is 2.72. The van der Waals surface area contributed by atoms with Gasteiger partial charge in [0.2, 0.25) is 0 Å². The van der Waals surface area contributed by atoms with Crippen molar-refractivity contribution in [2.75, 3.05) is 6.61 Å². The second-order valence-electron chi connectivity index (χ2n) is 3.67. The largest absolute Gasteiger partial charge is 0.492 e. The first-order valence-electron chi connectivity index (χ1n) is 4.79. The number of hydrogen-bond acceptors (Lipinski definition) is 2. The molecule has 2 rings (SSSR count). The van der Waals surface area contributed by atoms with Crippen LogP contribution in [0.3, 0.4) is 0 Å². The monoisotopic (exact) mass is 212 g/mol. The van der Waals surface area contributed by atoms with Crippen LogP contribution in [-0.2, 0) is 0 Å². The van der Waals surface area contributed by atoms with E-state index >= 15 is 0 Å². The topological polar surface area (TPSA) is 29.5 Å². The van der Waals surface area contributed by atoms with Crippen LogP contribution in [0.1, 0.15) is 30.1 Å². The van der Waals surface area contributed by atoms with Gasteiger partial charge >= 0.3 is 0 Å². The van der Waals surface area contributed by atoms with Crippen LogP contribution in [0.25, 0.3) is 0 Å². The Morgan fingerprint density at radius 3 is 3.07 bits per heavy atom. The van der Waals surface area contributed by atoms with E-state index in [-0.39, 0.29) is 0 Å². The van der Waals surface area contributed by atoms with Gasteiger partial charge < -0.3 is 9.84 Å². The predicted octanol–water partition coefficient (Wildman–Crippen LogP) is 2.85. The summed E-state index contributed by atoms with van der Waals surface area (Å²) < 4.78 is 5.51. The molecule has 1 unspecified atom stereocenters. The molecular formula is C11H13ClO2. The number of rotatable bonds is 0. The maximum absolute atomic E-state index is 9.85. The lowest BCUT2D eigenvalue weighted by Crippen LogP contribution is -1.97. The molecule has 0 saturated carbocycles. The molecule has 1 aromatic rings. The molecule has 14 heavy (non-hydrogen) atoms. The van der Waals surface area contributed by atoms with E-state index in [0.29, 0.717) is 17.4 Å². The molecule has 1 aromatic carbocycles. The fourth-order valence-electron chi connectivity index (χ4n) is 1.76. The Hall–Kier alpha value is -0.730. The fourth-order valence-corrected chi connectivity index (χ4v) is 2.10. The van der Waals surface area contributed by atoms with Crippen LogP contribution < -0.4 is 4.74 Å². The number of aliphatic hydroxyl groups is 1. The standard InChI is InChI=1S/C11H13ClO2/c1-7-5-8-10(13)3-2-4-14-11(8)9(12)6-7/h5-6,10,13H,2-4H2,1H3. The van der Waals surface area contributed by atoms with E-state index in [1.165, 1.54) is 0 Å². The van der Waals surface area contributed by atoms with E-state index in [2.05, 4.69) is 0 Å². The maximum atomic E-state index is 9.85. The molecule has 1 N–H and O–H groups in total. The van der Waals surface area contributed by atoms with Gasteiger partial charge in [-0.15, -0.1) is 0 Å². The van der Waals surface area contributed by atoms with Crippen LogP contribution in [0.15, 0.2) is 12.1 Å². The predicted molar refractivity (Wildman–Crippen MR) is 55.9 cm³/mol. The van der Waals surface area contributed by atoms with Gasteiger partial charge in [0, 0.05) is 5.56 Å².